The third-order valence-electron chi connectivity index (χ3n) is 7.82. The lowest BCUT2D eigenvalue weighted by molar-refractivity contribution is -0.0506. The van der Waals surface area contributed by atoms with Gasteiger partial charge >= 0.3 is 6.61 Å². The number of hydrogen-bond donors (Lipinski definition) is 0. The van der Waals surface area contributed by atoms with Crippen LogP contribution < -0.4 is 14.1 Å². The van der Waals surface area contributed by atoms with Crippen LogP contribution in [0.4, 0.5) is 20.4 Å². The number of rotatable bonds is 5. The number of hydroxylamine groups is 1. The zero-order valence-corrected chi connectivity index (χ0v) is 23.8. The smallest absolute Gasteiger partial charge is 0.387 e. The maximum Gasteiger partial charge on any atom is 0.387 e. The molecule has 2 aromatic heterocycles. The number of halogens is 2. The molecule has 220 valence electrons. The van der Waals surface area contributed by atoms with Gasteiger partial charge < -0.3 is 14.0 Å². The largest absolute Gasteiger partial charge is 0.434 e. The number of imidazole rings is 1. The van der Waals surface area contributed by atoms with Crippen molar-refractivity contribution in [1.29, 1.82) is 0 Å². The zero-order chi connectivity index (χ0) is 29.3. The fraction of sp³-hybridized carbons (Fsp3) is 0.393. The number of benzene rings is 2. The first-order valence-corrected chi connectivity index (χ1v) is 15.4. The van der Waals surface area contributed by atoms with E-state index in [4.69, 9.17) is 19.3 Å². The average Bonchev–Trinajstić information content (AvgIpc) is 3.40. The molecule has 42 heavy (non-hydrogen) atoms. The Morgan fingerprint density at radius 3 is 2.57 bits per heavy atom. The summed E-state index contributed by atoms with van der Waals surface area (Å²) in [6.07, 6.45) is 4.74. The fourth-order valence-electron chi connectivity index (χ4n) is 6.19. The lowest BCUT2D eigenvalue weighted by Crippen LogP contribution is -2.37. The van der Waals surface area contributed by atoms with Crippen molar-refractivity contribution < 1.29 is 31.5 Å². The molecule has 7 rings (SSSR count). The van der Waals surface area contributed by atoms with Crippen molar-refractivity contribution >= 4 is 32.7 Å². The minimum atomic E-state index is -3.78. The van der Waals surface area contributed by atoms with Crippen LogP contribution in [-0.2, 0) is 19.6 Å². The van der Waals surface area contributed by atoms with Crippen LogP contribution in [0.2, 0.25) is 0 Å². The molecule has 3 aliphatic rings. The summed E-state index contributed by atoms with van der Waals surface area (Å²) < 4.78 is 66.5. The highest BCUT2D eigenvalue weighted by Crippen LogP contribution is 2.55. The van der Waals surface area contributed by atoms with E-state index in [9.17, 15) is 17.2 Å². The Hall–Kier alpha value is -3.88. The van der Waals surface area contributed by atoms with Gasteiger partial charge in [0.2, 0.25) is 16.0 Å². The summed E-state index contributed by atoms with van der Waals surface area (Å²) in [7, 11) is -3.78. The molecule has 4 aromatic rings. The lowest BCUT2D eigenvalue weighted by Gasteiger charge is -2.35. The summed E-state index contributed by atoms with van der Waals surface area (Å²) in [6.45, 7) is 1.81. The standard InChI is InChI=1S/C28H28F2N6O5S/c1-15-13-39-14-16(2)41-35(15)28-31-11-18(12-32-28)17-7-8-19-21(9-17)34-22-10-23(26(34)33-19)36(42(3,37)38)20-5-4-6-24(25(20)22)40-27(29)30/h4-9,11-12,15-16,22-23,27H,10,13-14H2,1-3H3/t15?,16?,22-,23-/m1/s1. The van der Waals surface area contributed by atoms with E-state index in [2.05, 4.69) is 9.97 Å². The first-order chi connectivity index (χ1) is 20.1. The van der Waals surface area contributed by atoms with Gasteiger partial charge in [0.15, 0.2) is 0 Å². The molecule has 0 amide bonds. The Balaban J connectivity index is 1.31. The van der Waals surface area contributed by atoms with E-state index >= 15 is 0 Å². The molecule has 2 bridgehead atoms. The van der Waals surface area contributed by atoms with E-state index < -0.39 is 28.7 Å². The number of anilines is 2. The number of nitrogens with zero attached hydrogens (tertiary/aromatic N) is 6. The Morgan fingerprint density at radius 1 is 1.05 bits per heavy atom. The summed E-state index contributed by atoms with van der Waals surface area (Å²) >= 11 is 0. The lowest BCUT2D eigenvalue weighted by atomic mass is 9.95. The molecular weight excluding hydrogens is 570 g/mol. The molecule has 14 heteroatoms. The maximum absolute atomic E-state index is 13.4. The topological polar surface area (TPSA) is 112 Å². The van der Waals surface area contributed by atoms with Gasteiger partial charge in [-0.3, -0.25) is 9.14 Å². The molecular formula is C28H28F2N6O5S. The number of ether oxygens (including phenoxy) is 2. The average molecular weight is 599 g/mol. The summed E-state index contributed by atoms with van der Waals surface area (Å²) in [5.41, 5.74) is 3.68. The van der Waals surface area contributed by atoms with E-state index in [1.54, 1.807) is 23.5 Å². The second kappa shape index (κ2) is 9.85. The Labute approximate surface area is 240 Å². The van der Waals surface area contributed by atoms with E-state index in [0.717, 1.165) is 22.9 Å². The first-order valence-electron chi connectivity index (χ1n) is 13.6. The van der Waals surface area contributed by atoms with E-state index in [0.29, 0.717) is 48.2 Å². The van der Waals surface area contributed by atoms with Crippen LogP contribution in [0.25, 0.3) is 22.2 Å². The van der Waals surface area contributed by atoms with Crippen LogP contribution in [0.1, 0.15) is 43.7 Å². The van der Waals surface area contributed by atoms with Crippen LogP contribution in [0.5, 0.6) is 5.75 Å². The highest BCUT2D eigenvalue weighted by Gasteiger charge is 2.48. The third kappa shape index (κ3) is 4.36. The third-order valence-corrected chi connectivity index (χ3v) is 8.98. The first kappa shape index (κ1) is 27.0. The summed E-state index contributed by atoms with van der Waals surface area (Å²) in [5, 5.41) is 1.67. The molecule has 5 heterocycles. The number of fused-ring (bicyclic) bond motifs is 9. The van der Waals surface area contributed by atoms with Crippen molar-refractivity contribution in [3.8, 4) is 16.9 Å². The molecule has 0 spiro atoms. The van der Waals surface area contributed by atoms with Gasteiger partial charge in [0.05, 0.1) is 48.3 Å². The highest BCUT2D eigenvalue weighted by atomic mass is 32.2. The van der Waals surface area contributed by atoms with Crippen molar-refractivity contribution in [3.63, 3.8) is 0 Å². The molecule has 1 saturated heterocycles. The van der Waals surface area contributed by atoms with Gasteiger partial charge in [0, 0.05) is 29.9 Å². The predicted octanol–water partition coefficient (Wildman–Crippen LogP) is 4.45. The minimum Gasteiger partial charge on any atom is -0.434 e. The number of hydrogen-bond acceptors (Lipinski definition) is 9. The van der Waals surface area contributed by atoms with Crippen molar-refractivity contribution in [2.45, 2.75) is 51.1 Å². The second-order valence-electron chi connectivity index (χ2n) is 10.8. The van der Waals surface area contributed by atoms with Gasteiger partial charge in [-0.15, -0.1) is 0 Å². The fourth-order valence-corrected chi connectivity index (χ4v) is 7.35. The summed E-state index contributed by atoms with van der Waals surface area (Å²) in [5.74, 6) is 0.916. The monoisotopic (exact) mass is 598 g/mol. The highest BCUT2D eigenvalue weighted by molar-refractivity contribution is 7.92. The van der Waals surface area contributed by atoms with Crippen molar-refractivity contribution in [1.82, 2.24) is 19.5 Å². The van der Waals surface area contributed by atoms with Gasteiger partial charge in [-0.1, -0.05) is 12.1 Å². The van der Waals surface area contributed by atoms with Gasteiger partial charge in [-0.25, -0.2) is 28.4 Å². The molecule has 11 nitrogen and oxygen atoms in total. The second-order valence-corrected chi connectivity index (χ2v) is 12.7. The molecule has 0 N–H and O–H groups in total. The number of alkyl halides is 2. The quantitative estimate of drug-likeness (QED) is 0.329. The van der Waals surface area contributed by atoms with Crippen LogP contribution in [0.15, 0.2) is 48.8 Å². The zero-order valence-electron chi connectivity index (χ0n) is 23.0. The van der Waals surface area contributed by atoms with Gasteiger partial charge in [0.1, 0.15) is 23.7 Å². The van der Waals surface area contributed by atoms with E-state index in [-0.39, 0.29) is 17.9 Å². The Morgan fingerprint density at radius 2 is 1.83 bits per heavy atom. The molecule has 1 fully saturated rings. The van der Waals surface area contributed by atoms with Gasteiger partial charge in [0.25, 0.3) is 0 Å². The van der Waals surface area contributed by atoms with Crippen molar-refractivity contribution in [2.24, 2.45) is 0 Å². The van der Waals surface area contributed by atoms with Crippen molar-refractivity contribution in [2.75, 3.05) is 28.8 Å². The molecule has 0 saturated carbocycles. The molecule has 0 aliphatic carbocycles. The normalized spacial score (nSPS) is 23.7. The number of aromatic nitrogens is 4. The summed E-state index contributed by atoms with van der Waals surface area (Å²) in [6, 6.07) is 9.17. The Kier molecular flexibility index (Phi) is 6.33. The number of sulfonamides is 1. The van der Waals surface area contributed by atoms with Crippen molar-refractivity contribution in [3.05, 3.63) is 60.2 Å². The Bertz CT molecular complexity index is 1780. The van der Waals surface area contributed by atoms with Gasteiger partial charge in [-0.2, -0.15) is 8.78 Å². The van der Waals surface area contributed by atoms with Crippen LogP contribution >= 0.6 is 0 Å². The SMILES string of the molecule is CC1COCC(C)N(c2ncc(-c3ccc4nc5n(c4c3)[C@@H]3C[C@H]5N(S(C)(=O)=O)c4cccc(OC(F)F)c43)cn2)O1. The maximum atomic E-state index is 13.4. The molecule has 2 aromatic carbocycles. The predicted molar refractivity (Wildman–Crippen MR) is 150 cm³/mol. The van der Waals surface area contributed by atoms with E-state index in [1.807, 2.05) is 36.6 Å². The molecule has 0 radical (unpaired) electrons. The minimum absolute atomic E-state index is 0.0564. The van der Waals surface area contributed by atoms with E-state index in [1.165, 1.54) is 16.4 Å². The molecule has 4 atom stereocenters. The van der Waals surface area contributed by atoms with Crippen LogP contribution in [0, 0.1) is 0 Å². The molecule has 2 unspecified atom stereocenters. The summed E-state index contributed by atoms with van der Waals surface area (Å²) in [4.78, 5) is 19.9. The van der Waals surface area contributed by atoms with Crippen LogP contribution in [-0.4, -0.2) is 66.2 Å². The van der Waals surface area contributed by atoms with Gasteiger partial charge in [-0.05, 0) is 43.7 Å². The van der Waals surface area contributed by atoms with Crippen LogP contribution in [0.3, 0.4) is 0 Å². The molecule has 3 aliphatic heterocycles.